The predicted molar refractivity (Wildman–Crippen MR) is 54.7 cm³/mol. The van der Waals surface area contributed by atoms with Crippen LogP contribution in [-0.4, -0.2) is 31.3 Å². The molecule has 7 heteroatoms. The Morgan fingerprint density at radius 1 is 1.22 bits per heavy atom. The van der Waals surface area contributed by atoms with Crippen molar-refractivity contribution in [1.29, 1.82) is 0 Å². The monoisotopic (exact) mass is 260 g/mol. The Balaban J connectivity index is 3.28. The van der Waals surface area contributed by atoms with Gasteiger partial charge >= 0.3 is 11.9 Å². The van der Waals surface area contributed by atoms with Gasteiger partial charge in [0.05, 0.1) is 19.8 Å². The van der Waals surface area contributed by atoms with E-state index in [0.717, 1.165) is 20.3 Å². The molecule has 0 bridgehead atoms. The van der Waals surface area contributed by atoms with E-state index >= 15 is 0 Å². The van der Waals surface area contributed by atoms with E-state index in [4.69, 9.17) is 0 Å². The number of benzene rings is 1. The number of aliphatic hydroxyl groups is 1. The van der Waals surface area contributed by atoms with Crippen LogP contribution in [0.2, 0.25) is 0 Å². The van der Waals surface area contributed by atoms with Crippen LogP contribution in [0.1, 0.15) is 22.0 Å². The Kier molecular flexibility index (Phi) is 4.33. The third-order valence-electron chi connectivity index (χ3n) is 2.20. The zero-order chi connectivity index (χ0) is 13.9. The summed E-state index contributed by atoms with van der Waals surface area (Å²) in [4.78, 5) is 22.2. The number of carbonyl (C=O) groups excluding carboxylic acids is 2. The van der Waals surface area contributed by atoms with Crippen LogP contribution in [0.3, 0.4) is 0 Å². The number of ether oxygens (including phenoxy) is 2. The maximum Gasteiger partial charge on any atom is 0.340 e. The van der Waals surface area contributed by atoms with Crippen LogP contribution in [0.25, 0.3) is 0 Å². The third kappa shape index (κ3) is 2.62. The summed E-state index contributed by atoms with van der Waals surface area (Å²) in [6, 6.07) is 1.43. The number of methoxy groups -OCH3 is 2. The molecule has 1 aromatic rings. The first-order valence-corrected chi connectivity index (χ1v) is 4.75. The summed E-state index contributed by atoms with van der Waals surface area (Å²) in [5, 5.41) is 9.47. The molecule has 0 aliphatic carbocycles. The van der Waals surface area contributed by atoms with E-state index in [2.05, 4.69) is 9.47 Å². The second kappa shape index (κ2) is 5.54. The summed E-state index contributed by atoms with van der Waals surface area (Å²) >= 11 is 0. The van der Waals surface area contributed by atoms with Crippen molar-refractivity contribution in [3.05, 3.63) is 34.9 Å². The standard InChI is InChI=1S/C11H10F2O5/c1-17-10(15)6-3-5(4-7(12)8(6)13)9(14)11(16)18-2/h3-4,9,14H,1-2H3. The molecule has 1 aromatic carbocycles. The predicted octanol–water partition coefficient (Wildman–Crippen LogP) is 0.958. The minimum atomic E-state index is -1.81. The fraction of sp³-hybridized carbons (Fsp3) is 0.273. The summed E-state index contributed by atoms with van der Waals surface area (Å²) in [6.45, 7) is 0. The molecule has 98 valence electrons. The second-order valence-electron chi connectivity index (χ2n) is 3.28. The lowest BCUT2D eigenvalue weighted by Gasteiger charge is -2.11. The molecule has 5 nitrogen and oxygen atoms in total. The highest BCUT2D eigenvalue weighted by Gasteiger charge is 2.24. The molecular weight excluding hydrogens is 250 g/mol. The number of hydrogen-bond donors (Lipinski definition) is 1. The van der Waals surface area contributed by atoms with Crippen LogP contribution in [0, 0.1) is 11.6 Å². The molecule has 0 aliphatic rings. The van der Waals surface area contributed by atoms with Crippen LogP contribution >= 0.6 is 0 Å². The molecule has 0 saturated carbocycles. The lowest BCUT2D eigenvalue weighted by molar-refractivity contribution is -0.150. The van der Waals surface area contributed by atoms with E-state index in [1.165, 1.54) is 0 Å². The summed E-state index contributed by atoms with van der Waals surface area (Å²) < 4.78 is 35.0. The topological polar surface area (TPSA) is 72.8 Å². The van der Waals surface area contributed by atoms with Gasteiger partial charge in [0, 0.05) is 0 Å². The molecule has 0 amide bonds. The first kappa shape index (κ1) is 14.0. The lowest BCUT2D eigenvalue weighted by atomic mass is 10.0. The molecule has 0 radical (unpaired) electrons. The van der Waals surface area contributed by atoms with E-state index in [9.17, 15) is 23.5 Å². The Hall–Kier alpha value is -2.02. The highest BCUT2D eigenvalue weighted by Crippen LogP contribution is 2.21. The molecule has 1 unspecified atom stereocenters. The van der Waals surface area contributed by atoms with Crippen molar-refractivity contribution in [2.45, 2.75) is 6.10 Å². The second-order valence-corrected chi connectivity index (χ2v) is 3.28. The molecule has 0 saturated heterocycles. The van der Waals surface area contributed by atoms with Crippen molar-refractivity contribution < 1.29 is 33.0 Å². The van der Waals surface area contributed by atoms with Crippen LogP contribution < -0.4 is 0 Å². The first-order valence-electron chi connectivity index (χ1n) is 4.75. The number of carbonyl (C=O) groups is 2. The molecule has 18 heavy (non-hydrogen) atoms. The number of esters is 2. The SMILES string of the molecule is COC(=O)c1cc(C(O)C(=O)OC)cc(F)c1F. The minimum Gasteiger partial charge on any atom is -0.467 e. The highest BCUT2D eigenvalue weighted by molar-refractivity contribution is 5.90. The van der Waals surface area contributed by atoms with Crippen molar-refractivity contribution in [3.8, 4) is 0 Å². The van der Waals surface area contributed by atoms with Crippen LogP contribution in [0.15, 0.2) is 12.1 Å². The summed E-state index contributed by atoms with van der Waals surface area (Å²) in [7, 11) is 2.01. The van der Waals surface area contributed by atoms with Gasteiger partial charge in [-0.2, -0.15) is 0 Å². The van der Waals surface area contributed by atoms with Gasteiger partial charge < -0.3 is 14.6 Å². The van der Waals surface area contributed by atoms with Gasteiger partial charge in [-0.1, -0.05) is 0 Å². The zero-order valence-electron chi connectivity index (χ0n) is 9.57. The number of halogens is 2. The van der Waals surface area contributed by atoms with Crippen LogP contribution in [0.4, 0.5) is 8.78 Å². The Bertz CT molecular complexity index is 487. The van der Waals surface area contributed by atoms with Gasteiger partial charge in [-0.3, -0.25) is 0 Å². The van der Waals surface area contributed by atoms with Gasteiger partial charge in [0.25, 0.3) is 0 Å². The van der Waals surface area contributed by atoms with Gasteiger partial charge in [-0.25, -0.2) is 18.4 Å². The maximum atomic E-state index is 13.3. The van der Waals surface area contributed by atoms with E-state index in [-0.39, 0.29) is 5.56 Å². The Labute approximate surface area is 101 Å². The van der Waals surface area contributed by atoms with Crippen molar-refractivity contribution in [2.75, 3.05) is 14.2 Å². The van der Waals surface area contributed by atoms with Crippen LogP contribution in [0.5, 0.6) is 0 Å². The average Bonchev–Trinajstić information content (AvgIpc) is 2.38. The van der Waals surface area contributed by atoms with Gasteiger partial charge in [0.1, 0.15) is 0 Å². The largest absolute Gasteiger partial charge is 0.467 e. The summed E-state index contributed by atoms with van der Waals surface area (Å²) in [5.74, 6) is -4.97. The Morgan fingerprint density at radius 2 is 1.83 bits per heavy atom. The van der Waals surface area contributed by atoms with Crippen molar-refractivity contribution in [3.63, 3.8) is 0 Å². The van der Waals surface area contributed by atoms with Gasteiger partial charge in [-0.15, -0.1) is 0 Å². The fourth-order valence-corrected chi connectivity index (χ4v) is 1.27. The van der Waals surface area contributed by atoms with Gasteiger partial charge in [0.15, 0.2) is 17.7 Å². The van der Waals surface area contributed by atoms with Crippen LogP contribution in [-0.2, 0) is 14.3 Å². The average molecular weight is 260 g/mol. The van der Waals surface area contributed by atoms with Crippen molar-refractivity contribution in [1.82, 2.24) is 0 Å². The van der Waals surface area contributed by atoms with E-state index in [1.54, 1.807) is 0 Å². The Morgan fingerprint density at radius 3 is 2.33 bits per heavy atom. The molecule has 1 rings (SSSR count). The maximum absolute atomic E-state index is 13.3. The van der Waals surface area contributed by atoms with Gasteiger partial charge in [-0.05, 0) is 17.7 Å². The smallest absolute Gasteiger partial charge is 0.340 e. The zero-order valence-corrected chi connectivity index (χ0v) is 9.57. The fourth-order valence-electron chi connectivity index (χ4n) is 1.27. The van der Waals surface area contributed by atoms with Crippen molar-refractivity contribution in [2.24, 2.45) is 0 Å². The number of aliphatic hydroxyl groups excluding tert-OH is 1. The number of hydrogen-bond acceptors (Lipinski definition) is 5. The van der Waals surface area contributed by atoms with Gasteiger partial charge in [0.2, 0.25) is 0 Å². The van der Waals surface area contributed by atoms with E-state index in [0.29, 0.717) is 6.07 Å². The van der Waals surface area contributed by atoms with Crippen molar-refractivity contribution >= 4 is 11.9 Å². The molecular formula is C11H10F2O5. The highest BCUT2D eigenvalue weighted by atomic mass is 19.2. The summed E-state index contributed by atoms with van der Waals surface area (Å²) in [6.07, 6.45) is -1.81. The molecule has 0 heterocycles. The number of rotatable bonds is 3. The molecule has 1 N–H and O–H groups in total. The third-order valence-corrected chi connectivity index (χ3v) is 2.20. The molecule has 0 aromatic heterocycles. The van der Waals surface area contributed by atoms with E-state index in [1.807, 2.05) is 0 Å². The van der Waals surface area contributed by atoms with E-state index < -0.39 is 35.2 Å². The summed E-state index contributed by atoms with van der Waals surface area (Å²) in [5.41, 5.74) is -1.02. The molecule has 0 aliphatic heterocycles. The minimum absolute atomic E-state index is 0.304. The molecule has 0 fully saturated rings. The normalized spacial score (nSPS) is 11.8. The molecule has 0 spiro atoms. The first-order chi connectivity index (χ1) is 8.42. The molecule has 1 atom stereocenters. The quantitative estimate of drug-likeness (QED) is 0.819. The lowest BCUT2D eigenvalue weighted by Crippen LogP contribution is -2.16.